The molecule has 1 aliphatic heterocycles. The number of nitrogens with zero attached hydrogens (tertiary/aromatic N) is 1. The predicted molar refractivity (Wildman–Crippen MR) is 65.1 cm³/mol. The number of sulfonamides is 1. The predicted octanol–water partition coefficient (Wildman–Crippen LogP) is -0.00420. The van der Waals surface area contributed by atoms with E-state index in [1.54, 1.807) is 0 Å². The minimum absolute atomic E-state index is 0.121. The van der Waals surface area contributed by atoms with Gasteiger partial charge >= 0.3 is 0 Å². The molecule has 0 aromatic rings. The van der Waals surface area contributed by atoms with Crippen LogP contribution >= 0.6 is 0 Å². The Morgan fingerprint density at radius 2 is 1.89 bits per heavy atom. The highest BCUT2D eigenvalue weighted by Gasteiger charge is 2.42. The van der Waals surface area contributed by atoms with Gasteiger partial charge in [0.15, 0.2) is 0 Å². The Morgan fingerprint density at radius 3 is 2.44 bits per heavy atom. The van der Waals surface area contributed by atoms with Crippen molar-refractivity contribution in [2.75, 3.05) is 6.26 Å². The Morgan fingerprint density at radius 1 is 1.28 bits per heavy atom. The molecule has 1 saturated carbocycles. The van der Waals surface area contributed by atoms with E-state index in [0.29, 0.717) is 0 Å². The highest BCUT2D eigenvalue weighted by molar-refractivity contribution is 7.89. The van der Waals surface area contributed by atoms with Crippen molar-refractivity contribution in [2.24, 2.45) is 0 Å². The van der Waals surface area contributed by atoms with Gasteiger partial charge in [-0.15, -0.1) is 0 Å². The van der Waals surface area contributed by atoms with Crippen molar-refractivity contribution in [3.63, 3.8) is 0 Å². The summed E-state index contributed by atoms with van der Waals surface area (Å²) in [5, 5.41) is 2.85. The molecule has 0 aromatic carbocycles. The van der Waals surface area contributed by atoms with Gasteiger partial charge in [-0.2, -0.15) is 0 Å². The SMILES string of the molecule is CS(=O)(=O)N1C(=O)CCC1C(=O)NC1CCCC1. The van der Waals surface area contributed by atoms with Gasteiger partial charge in [-0.1, -0.05) is 12.8 Å². The summed E-state index contributed by atoms with van der Waals surface area (Å²) >= 11 is 0. The van der Waals surface area contributed by atoms with Gasteiger partial charge in [0, 0.05) is 12.5 Å². The van der Waals surface area contributed by atoms with Crippen molar-refractivity contribution in [1.82, 2.24) is 9.62 Å². The second-order valence-electron chi connectivity index (χ2n) is 5.00. The highest BCUT2D eigenvalue weighted by Crippen LogP contribution is 2.23. The van der Waals surface area contributed by atoms with E-state index in [1.807, 2.05) is 0 Å². The molecule has 0 spiro atoms. The molecule has 1 aliphatic carbocycles. The number of nitrogens with one attached hydrogen (secondary N) is 1. The van der Waals surface area contributed by atoms with Gasteiger partial charge in [-0.3, -0.25) is 9.59 Å². The van der Waals surface area contributed by atoms with Crippen LogP contribution in [0.5, 0.6) is 0 Å². The number of carbonyl (C=O) groups excluding carboxylic acids is 2. The molecule has 102 valence electrons. The third kappa shape index (κ3) is 2.66. The van der Waals surface area contributed by atoms with Crippen LogP contribution in [0.2, 0.25) is 0 Å². The van der Waals surface area contributed by atoms with Crippen molar-refractivity contribution >= 4 is 21.8 Å². The maximum atomic E-state index is 12.0. The van der Waals surface area contributed by atoms with Crippen LogP contribution < -0.4 is 5.32 Å². The molecule has 2 amide bonds. The minimum Gasteiger partial charge on any atom is -0.352 e. The number of hydrogen-bond donors (Lipinski definition) is 1. The summed E-state index contributed by atoms with van der Waals surface area (Å²) in [6.07, 6.45) is 5.41. The van der Waals surface area contributed by atoms with Crippen LogP contribution in [0.1, 0.15) is 38.5 Å². The lowest BCUT2D eigenvalue weighted by Gasteiger charge is -2.23. The van der Waals surface area contributed by atoms with E-state index in [-0.39, 0.29) is 24.8 Å². The molecule has 18 heavy (non-hydrogen) atoms. The lowest BCUT2D eigenvalue weighted by Crippen LogP contribution is -2.49. The van der Waals surface area contributed by atoms with Crippen molar-refractivity contribution in [3.05, 3.63) is 0 Å². The summed E-state index contributed by atoms with van der Waals surface area (Å²) in [6, 6.07) is -0.720. The van der Waals surface area contributed by atoms with Gasteiger partial charge in [0.05, 0.1) is 6.26 Å². The van der Waals surface area contributed by atoms with E-state index in [9.17, 15) is 18.0 Å². The Hall–Kier alpha value is -1.11. The fourth-order valence-electron chi connectivity index (χ4n) is 2.68. The summed E-state index contributed by atoms with van der Waals surface area (Å²) in [7, 11) is -3.66. The first kappa shape index (κ1) is 13.3. The fraction of sp³-hybridized carbons (Fsp3) is 0.818. The molecule has 1 atom stereocenters. The van der Waals surface area contributed by atoms with Crippen LogP contribution in [0, 0.1) is 0 Å². The molecule has 2 fully saturated rings. The van der Waals surface area contributed by atoms with E-state index >= 15 is 0 Å². The molecule has 1 saturated heterocycles. The summed E-state index contributed by atoms with van der Waals surface area (Å²) in [4.78, 5) is 23.6. The van der Waals surface area contributed by atoms with Crippen molar-refractivity contribution < 1.29 is 18.0 Å². The van der Waals surface area contributed by atoms with Crippen LogP contribution in [0.3, 0.4) is 0 Å². The Bertz CT molecular complexity index is 454. The number of rotatable bonds is 3. The topological polar surface area (TPSA) is 83.6 Å². The van der Waals surface area contributed by atoms with E-state index < -0.39 is 22.0 Å². The highest BCUT2D eigenvalue weighted by atomic mass is 32.2. The van der Waals surface area contributed by atoms with E-state index in [1.165, 1.54) is 0 Å². The molecular weight excluding hydrogens is 256 g/mol. The quantitative estimate of drug-likeness (QED) is 0.785. The molecular formula is C11H18N2O4S. The summed E-state index contributed by atoms with van der Waals surface area (Å²) < 4.78 is 23.8. The van der Waals surface area contributed by atoms with E-state index in [0.717, 1.165) is 36.2 Å². The van der Waals surface area contributed by atoms with Crippen LogP contribution in [0.4, 0.5) is 0 Å². The fourth-order valence-corrected chi connectivity index (χ4v) is 3.81. The minimum atomic E-state index is -3.66. The summed E-state index contributed by atoms with van der Waals surface area (Å²) in [5.74, 6) is -0.817. The Balaban J connectivity index is 2.07. The van der Waals surface area contributed by atoms with Crippen LogP contribution in [-0.4, -0.2) is 42.9 Å². The zero-order chi connectivity index (χ0) is 13.3. The van der Waals surface area contributed by atoms with Gasteiger partial charge in [0.1, 0.15) is 6.04 Å². The van der Waals surface area contributed by atoms with Gasteiger partial charge in [0.25, 0.3) is 0 Å². The van der Waals surface area contributed by atoms with E-state index in [4.69, 9.17) is 0 Å². The molecule has 1 unspecified atom stereocenters. The maximum absolute atomic E-state index is 12.0. The number of carbonyl (C=O) groups is 2. The number of amides is 2. The zero-order valence-electron chi connectivity index (χ0n) is 10.4. The average Bonchev–Trinajstić information content (AvgIpc) is 2.85. The van der Waals surface area contributed by atoms with Crippen molar-refractivity contribution in [3.8, 4) is 0 Å². The van der Waals surface area contributed by atoms with Crippen LogP contribution in [-0.2, 0) is 19.6 Å². The summed E-state index contributed by atoms with van der Waals surface area (Å²) in [5.41, 5.74) is 0. The van der Waals surface area contributed by atoms with Gasteiger partial charge in [-0.25, -0.2) is 12.7 Å². The van der Waals surface area contributed by atoms with Crippen LogP contribution in [0.15, 0.2) is 0 Å². The molecule has 0 bridgehead atoms. The molecule has 7 heteroatoms. The van der Waals surface area contributed by atoms with Crippen LogP contribution in [0.25, 0.3) is 0 Å². The van der Waals surface area contributed by atoms with Gasteiger partial charge in [0.2, 0.25) is 21.8 Å². The number of hydrogen-bond acceptors (Lipinski definition) is 4. The third-order valence-corrected chi connectivity index (χ3v) is 4.69. The lowest BCUT2D eigenvalue weighted by atomic mass is 10.2. The first-order chi connectivity index (χ1) is 8.39. The second kappa shape index (κ2) is 4.87. The maximum Gasteiger partial charge on any atom is 0.244 e. The molecule has 1 N–H and O–H groups in total. The molecule has 0 aromatic heterocycles. The van der Waals surface area contributed by atoms with E-state index in [2.05, 4.69) is 5.32 Å². The van der Waals surface area contributed by atoms with Gasteiger partial charge in [-0.05, 0) is 19.3 Å². The van der Waals surface area contributed by atoms with Crippen molar-refractivity contribution in [2.45, 2.75) is 50.6 Å². The molecule has 1 heterocycles. The first-order valence-electron chi connectivity index (χ1n) is 6.22. The monoisotopic (exact) mass is 274 g/mol. The molecule has 2 rings (SSSR count). The second-order valence-corrected chi connectivity index (χ2v) is 6.86. The molecule has 0 radical (unpaired) electrons. The standard InChI is InChI=1S/C11H18N2O4S/c1-18(16,17)13-9(6-7-10(13)14)11(15)12-8-4-2-3-5-8/h8-9H,2-7H2,1H3,(H,12,15). The lowest BCUT2D eigenvalue weighted by molar-refractivity contribution is -0.131. The largest absolute Gasteiger partial charge is 0.352 e. The Labute approximate surface area is 107 Å². The Kier molecular flexibility index (Phi) is 3.61. The normalized spacial score (nSPS) is 25.7. The van der Waals surface area contributed by atoms with Crippen molar-refractivity contribution in [1.29, 1.82) is 0 Å². The molecule has 6 nitrogen and oxygen atoms in total. The zero-order valence-corrected chi connectivity index (χ0v) is 11.2. The third-order valence-electron chi connectivity index (χ3n) is 3.52. The average molecular weight is 274 g/mol. The smallest absolute Gasteiger partial charge is 0.244 e. The first-order valence-corrected chi connectivity index (χ1v) is 8.07. The molecule has 2 aliphatic rings. The van der Waals surface area contributed by atoms with Gasteiger partial charge < -0.3 is 5.32 Å². The summed E-state index contributed by atoms with van der Waals surface area (Å²) in [6.45, 7) is 0.